The Kier molecular flexibility index (Phi) is 9.36. The molecular formula is C31H34Cl2N2O2. The van der Waals surface area contributed by atoms with Crippen LogP contribution in [0.3, 0.4) is 0 Å². The Morgan fingerprint density at radius 3 is 1.57 bits per heavy atom. The zero-order chi connectivity index (χ0) is 27.2. The van der Waals surface area contributed by atoms with Crippen LogP contribution in [0.4, 0.5) is 0 Å². The molecule has 0 spiro atoms. The molecule has 0 fully saturated rings. The third-order valence-corrected chi connectivity index (χ3v) is 6.39. The molecule has 1 unspecified atom stereocenters. The van der Waals surface area contributed by atoms with Gasteiger partial charge in [-0.15, -0.1) is 0 Å². The molecule has 3 aromatic carbocycles. The molecule has 4 nitrogen and oxygen atoms in total. The molecule has 37 heavy (non-hydrogen) atoms. The van der Waals surface area contributed by atoms with Gasteiger partial charge in [-0.3, -0.25) is 0 Å². The van der Waals surface area contributed by atoms with Crippen LogP contribution in [0.5, 0.6) is 11.5 Å². The summed E-state index contributed by atoms with van der Waals surface area (Å²) in [5, 5.41) is 11.0. The topological polar surface area (TPSA) is 55.2 Å². The molecule has 4 rings (SSSR count). The van der Waals surface area contributed by atoms with Gasteiger partial charge in [0.15, 0.2) is 0 Å². The number of aromatic nitrogens is 2. The molecule has 0 aliphatic carbocycles. The van der Waals surface area contributed by atoms with Crippen LogP contribution in [0.15, 0.2) is 85.5 Å². The largest absolute Gasteiger partial charge is 0.457 e. The molecule has 4 aromatic rings. The summed E-state index contributed by atoms with van der Waals surface area (Å²) in [6.07, 6.45) is 3.65. The van der Waals surface area contributed by atoms with E-state index in [4.69, 9.17) is 27.9 Å². The highest BCUT2D eigenvalue weighted by molar-refractivity contribution is 6.35. The fourth-order valence-electron chi connectivity index (χ4n) is 3.54. The highest BCUT2D eigenvalue weighted by Gasteiger charge is 2.15. The van der Waals surface area contributed by atoms with Crippen LogP contribution in [-0.4, -0.2) is 15.1 Å². The van der Waals surface area contributed by atoms with Crippen molar-refractivity contribution in [3.05, 3.63) is 118 Å². The summed E-state index contributed by atoms with van der Waals surface area (Å²) in [5.41, 5.74) is 4.16. The van der Waals surface area contributed by atoms with E-state index >= 15 is 0 Å². The Morgan fingerprint density at radius 1 is 0.703 bits per heavy atom. The van der Waals surface area contributed by atoms with E-state index in [1.165, 1.54) is 17.5 Å². The first-order valence-corrected chi connectivity index (χ1v) is 12.9. The molecule has 0 radical (unpaired) electrons. The molecule has 0 bridgehead atoms. The lowest BCUT2D eigenvalue weighted by Gasteiger charge is -2.20. The van der Waals surface area contributed by atoms with Crippen LogP contribution < -0.4 is 4.74 Å². The molecule has 1 heterocycles. The van der Waals surface area contributed by atoms with Crippen molar-refractivity contribution in [2.75, 3.05) is 0 Å². The Bertz CT molecular complexity index is 1220. The maximum Gasteiger partial charge on any atom is 0.127 e. The van der Waals surface area contributed by atoms with Crippen LogP contribution in [0.1, 0.15) is 69.9 Å². The second-order valence-corrected chi connectivity index (χ2v) is 11.7. The van der Waals surface area contributed by atoms with Gasteiger partial charge in [-0.1, -0.05) is 95.1 Å². The number of halogens is 2. The third kappa shape index (κ3) is 8.29. The highest BCUT2D eigenvalue weighted by Crippen LogP contribution is 2.30. The minimum atomic E-state index is -0.842. The first-order chi connectivity index (χ1) is 17.3. The minimum absolute atomic E-state index is 0.173. The smallest absolute Gasteiger partial charge is 0.127 e. The van der Waals surface area contributed by atoms with Gasteiger partial charge in [0.25, 0.3) is 0 Å². The molecule has 1 atom stereocenters. The average molecular weight is 538 g/mol. The van der Waals surface area contributed by atoms with E-state index in [1.807, 2.05) is 24.3 Å². The fraction of sp³-hybridized carbons (Fsp3) is 0.290. The van der Waals surface area contributed by atoms with E-state index in [-0.39, 0.29) is 10.8 Å². The van der Waals surface area contributed by atoms with Gasteiger partial charge in [0.05, 0.1) is 0 Å². The van der Waals surface area contributed by atoms with E-state index in [2.05, 4.69) is 75.8 Å². The first kappa shape index (κ1) is 28.6. The third-order valence-electron chi connectivity index (χ3n) is 5.83. The summed E-state index contributed by atoms with van der Waals surface area (Å²) in [4.78, 5) is 7.68. The van der Waals surface area contributed by atoms with E-state index < -0.39 is 6.10 Å². The van der Waals surface area contributed by atoms with E-state index in [0.29, 0.717) is 21.2 Å². The molecule has 0 amide bonds. The molecule has 0 aliphatic rings. The van der Waals surface area contributed by atoms with Gasteiger partial charge in [0.2, 0.25) is 0 Å². The second kappa shape index (κ2) is 12.1. The van der Waals surface area contributed by atoms with Crippen molar-refractivity contribution in [2.24, 2.45) is 0 Å². The predicted octanol–water partition coefficient (Wildman–Crippen LogP) is 8.94. The SMILES string of the molecule is CC(C)(C)c1ccc(Oc2ccc(C(C)(C)C)cc2)cc1.OC(c1cncnc1)c1ccc(Cl)cc1Cl. The van der Waals surface area contributed by atoms with Crippen molar-refractivity contribution < 1.29 is 9.84 Å². The quantitative estimate of drug-likeness (QED) is 0.282. The molecule has 1 N–H and O–H groups in total. The molecule has 0 saturated heterocycles. The minimum Gasteiger partial charge on any atom is -0.457 e. The van der Waals surface area contributed by atoms with Gasteiger partial charge < -0.3 is 9.84 Å². The van der Waals surface area contributed by atoms with Crippen LogP contribution in [0, 0.1) is 0 Å². The molecule has 6 heteroatoms. The van der Waals surface area contributed by atoms with E-state index in [9.17, 15) is 5.11 Å². The van der Waals surface area contributed by atoms with Crippen LogP contribution >= 0.6 is 23.2 Å². The maximum absolute atomic E-state index is 10.1. The summed E-state index contributed by atoms with van der Waals surface area (Å²) < 4.78 is 5.91. The lowest BCUT2D eigenvalue weighted by atomic mass is 9.87. The number of hydrogen-bond donors (Lipinski definition) is 1. The average Bonchev–Trinajstić information content (AvgIpc) is 2.84. The van der Waals surface area contributed by atoms with Crippen molar-refractivity contribution in [2.45, 2.75) is 58.5 Å². The van der Waals surface area contributed by atoms with Gasteiger partial charge in [0, 0.05) is 33.6 Å². The zero-order valence-corrected chi connectivity index (χ0v) is 23.7. The van der Waals surface area contributed by atoms with Crippen LogP contribution in [-0.2, 0) is 10.8 Å². The molecular weight excluding hydrogens is 503 g/mol. The number of aliphatic hydroxyl groups is 1. The fourth-order valence-corrected chi connectivity index (χ4v) is 4.05. The lowest BCUT2D eigenvalue weighted by molar-refractivity contribution is 0.219. The normalized spacial score (nSPS) is 12.4. The van der Waals surface area contributed by atoms with Gasteiger partial charge in [-0.2, -0.15) is 0 Å². The van der Waals surface area contributed by atoms with Gasteiger partial charge in [-0.05, 0) is 58.4 Å². The van der Waals surface area contributed by atoms with Crippen LogP contribution in [0.25, 0.3) is 0 Å². The Labute approximate surface area is 230 Å². The van der Waals surface area contributed by atoms with Crippen molar-refractivity contribution >= 4 is 23.2 Å². The summed E-state index contributed by atoms with van der Waals surface area (Å²) in [5.74, 6) is 1.76. The Morgan fingerprint density at radius 2 is 1.16 bits per heavy atom. The number of rotatable bonds is 4. The molecule has 0 aliphatic heterocycles. The zero-order valence-electron chi connectivity index (χ0n) is 22.2. The van der Waals surface area contributed by atoms with Gasteiger partial charge >= 0.3 is 0 Å². The van der Waals surface area contributed by atoms with E-state index in [1.54, 1.807) is 30.6 Å². The summed E-state index contributed by atoms with van der Waals surface area (Å²) in [6.45, 7) is 13.3. The van der Waals surface area contributed by atoms with Crippen molar-refractivity contribution in [3.63, 3.8) is 0 Å². The summed E-state index contributed by atoms with van der Waals surface area (Å²) in [7, 11) is 0. The Balaban J connectivity index is 0.000000213. The van der Waals surface area contributed by atoms with Crippen molar-refractivity contribution in [3.8, 4) is 11.5 Å². The monoisotopic (exact) mass is 536 g/mol. The van der Waals surface area contributed by atoms with Crippen molar-refractivity contribution in [1.29, 1.82) is 0 Å². The van der Waals surface area contributed by atoms with Gasteiger partial charge in [-0.25, -0.2) is 9.97 Å². The molecule has 194 valence electrons. The molecule has 1 aromatic heterocycles. The lowest BCUT2D eigenvalue weighted by Crippen LogP contribution is -2.10. The predicted molar refractivity (Wildman–Crippen MR) is 153 cm³/mol. The van der Waals surface area contributed by atoms with Gasteiger partial charge in [0.1, 0.15) is 23.9 Å². The highest BCUT2D eigenvalue weighted by atomic mass is 35.5. The van der Waals surface area contributed by atoms with E-state index in [0.717, 1.165) is 11.5 Å². The molecule has 0 saturated carbocycles. The number of nitrogens with zero attached hydrogens (tertiary/aromatic N) is 2. The summed E-state index contributed by atoms with van der Waals surface area (Å²) >= 11 is 11.8. The Hall–Kier alpha value is -2.92. The second-order valence-electron chi connectivity index (χ2n) is 10.9. The number of ether oxygens (including phenoxy) is 1. The van der Waals surface area contributed by atoms with Crippen molar-refractivity contribution in [1.82, 2.24) is 9.97 Å². The van der Waals surface area contributed by atoms with Crippen LogP contribution in [0.2, 0.25) is 10.0 Å². The maximum atomic E-state index is 10.1. The summed E-state index contributed by atoms with van der Waals surface area (Å²) in [6, 6.07) is 21.7. The standard InChI is InChI=1S/C20H26O.C11H8Cl2N2O/c1-19(2,3)15-7-11-17(12-8-15)21-18-13-9-16(10-14-18)20(4,5)6;12-8-1-2-9(10(13)3-8)11(16)7-4-14-6-15-5-7/h7-14H,1-6H3;1-6,11,16H. The number of benzene rings is 3. The number of hydrogen-bond acceptors (Lipinski definition) is 4. The number of aliphatic hydroxyl groups excluding tert-OH is 1. The first-order valence-electron chi connectivity index (χ1n) is 12.1.